The molecule has 0 radical (unpaired) electrons. The first-order valence-electron chi connectivity index (χ1n) is 3.79. The topological polar surface area (TPSA) is 30.5 Å². The van der Waals surface area contributed by atoms with Gasteiger partial charge in [-0.15, -0.1) is 0 Å². The summed E-state index contributed by atoms with van der Waals surface area (Å²) in [4.78, 5) is 9.34. The highest BCUT2D eigenvalue weighted by Crippen LogP contribution is 2.14. The minimum atomic E-state index is 0.466. The molecule has 1 N–H and O–H groups in total. The van der Waals surface area contributed by atoms with E-state index in [9.17, 15) is 0 Å². The Labute approximate surface area is 72.2 Å². The van der Waals surface area contributed by atoms with Crippen LogP contribution >= 0.6 is 0 Å². The lowest BCUT2D eigenvalue weighted by Crippen LogP contribution is -1.97. The smallest absolute Gasteiger partial charge is 0.109 e. The van der Waals surface area contributed by atoms with E-state index in [1.54, 1.807) is 0 Å². The number of rotatable bonds is 4. The highest BCUT2D eigenvalue weighted by Gasteiger charge is 1.98. The van der Waals surface area contributed by atoms with Gasteiger partial charge in [-0.05, 0) is 6.07 Å². The Morgan fingerprint density at radius 3 is 2.75 bits per heavy atom. The Kier molecular flexibility index (Phi) is 3.57. The predicted octanol–water partition coefficient (Wildman–Crippen LogP) is 1.81. The molecule has 0 heterocycles. The van der Waals surface area contributed by atoms with Crippen LogP contribution in [0.15, 0.2) is 24.3 Å². The van der Waals surface area contributed by atoms with E-state index >= 15 is 0 Å². The molecule has 0 aromatic heterocycles. The third kappa shape index (κ3) is 2.22. The third-order valence-electron chi connectivity index (χ3n) is 1.62. The largest absolute Gasteiger partial charge is 0.388 e. The fraction of sp³-hybridized carbons (Fsp3) is 0.333. The van der Waals surface area contributed by atoms with Gasteiger partial charge in [-0.2, -0.15) is 0 Å². The summed E-state index contributed by atoms with van der Waals surface area (Å²) < 4.78 is 0. The average Bonchev–Trinajstić information content (AvgIpc) is 2.15. The summed E-state index contributed by atoms with van der Waals surface area (Å²) in [5.74, 6) is 0. The number of nitrogens with one attached hydrogen (secondary N) is 1. The molecule has 1 aromatic carbocycles. The van der Waals surface area contributed by atoms with E-state index in [4.69, 9.17) is 4.89 Å². The van der Waals surface area contributed by atoms with Crippen molar-refractivity contribution in [2.45, 2.75) is 6.61 Å². The van der Waals surface area contributed by atoms with Crippen LogP contribution in [0.3, 0.4) is 0 Å². The molecule has 0 unspecified atom stereocenters. The van der Waals surface area contributed by atoms with Crippen LogP contribution in [0.1, 0.15) is 5.56 Å². The monoisotopic (exact) mass is 167 g/mol. The van der Waals surface area contributed by atoms with Gasteiger partial charge in [-0.3, -0.25) is 0 Å². The van der Waals surface area contributed by atoms with Gasteiger partial charge in [0, 0.05) is 18.3 Å². The number of benzene rings is 1. The van der Waals surface area contributed by atoms with E-state index < -0.39 is 0 Å². The van der Waals surface area contributed by atoms with Crippen molar-refractivity contribution in [1.82, 2.24) is 0 Å². The molecule has 0 aliphatic heterocycles. The van der Waals surface area contributed by atoms with Crippen molar-refractivity contribution in [3.63, 3.8) is 0 Å². The van der Waals surface area contributed by atoms with Crippen LogP contribution in [-0.2, 0) is 16.4 Å². The molecular weight excluding hydrogens is 154 g/mol. The van der Waals surface area contributed by atoms with Crippen LogP contribution in [0.4, 0.5) is 5.69 Å². The molecule has 0 spiro atoms. The van der Waals surface area contributed by atoms with Gasteiger partial charge in [0.1, 0.15) is 6.61 Å². The Hall–Kier alpha value is -1.06. The molecule has 0 bridgehead atoms. The molecule has 3 nitrogen and oxygen atoms in total. The molecule has 0 atom stereocenters. The minimum absolute atomic E-state index is 0.466. The van der Waals surface area contributed by atoms with Crippen molar-refractivity contribution in [2.24, 2.45) is 0 Å². The molecular formula is C9H13NO2. The first-order chi connectivity index (χ1) is 5.88. The lowest BCUT2D eigenvalue weighted by atomic mass is 10.2. The minimum Gasteiger partial charge on any atom is -0.388 e. The highest BCUT2D eigenvalue weighted by atomic mass is 17.2. The number of anilines is 1. The van der Waals surface area contributed by atoms with Crippen LogP contribution in [0.2, 0.25) is 0 Å². The van der Waals surface area contributed by atoms with Crippen molar-refractivity contribution >= 4 is 5.69 Å². The SMILES string of the molecule is CNc1ccccc1COOC. The lowest BCUT2D eigenvalue weighted by molar-refractivity contribution is -0.282. The van der Waals surface area contributed by atoms with Gasteiger partial charge in [0.05, 0.1) is 7.11 Å². The second kappa shape index (κ2) is 4.74. The van der Waals surface area contributed by atoms with E-state index in [1.807, 2.05) is 31.3 Å². The zero-order valence-electron chi connectivity index (χ0n) is 7.33. The Morgan fingerprint density at radius 2 is 2.08 bits per heavy atom. The summed E-state index contributed by atoms with van der Waals surface area (Å²) in [5, 5.41) is 3.07. The summed E-state index contributed by atoms with van der Waals surface area (Å²) in [6, 6.07) is 7.93. The Bertz CT molecular complexity index is 238. The maximum Gasteiger partial charge on any atom is 0.109 e. The lowest BCUT2D eigenvalue weighted by Gasteiger charge is -2.06. The molecule has 1 rings (SSSR count). The van der Waals surface area contributed by atoms with Crippen LogP contribution in [0.5, 0.6) is 0 Å². The van der Waals surface area contributed by atoms with Gasteiger partial charge < -0.3 is 5.32 Å². The molecule has 66 valence electrons. The maximum atomic E-state index is 4.82. The summed E-state index contributed by atoms with van der Waals surface area (Å²) in [6.07, 6.45) is 0. The van der Waals surface area contributed by atoms with Gasteiger partial charge >= 0.3 is 0 Å². The van der Waals surface area contributed by atoms with Gasteiger partial charge in [0.25, 0.3) is 0 Å². The van der Waals surface area contributed by atoms with Gasteiger partial charge in [-0.1, -0.05) is 18.2 Å². The summed E-state index contributed by atoms with van der Waals surface area (Å²) >= 11 is 0. The maximum absolute atomic E-state index is 4.82. The first-order valence-corrected chi connectivity index (χ1v) is 3.79. The van der Waals surface area contributed by atoms with Crippen LogP contribution in [-0.4, -0.2) is 14.2 Å². The summed E-state index contributed by atoms with van der Waals surface area (Å²) in [5.41, 5.74) is 2.15. The average molecular weight is 167 g/mol. The standard InChI is InChI=1S/C9H13NO2/c1-10-9-6-4-3-5-8(9)7-12-11-2/h3-6,10H,7H2,1-2H3. The van der Waals surface area contributed by atoms with Crippen molar-refractivity contribution in [1.29, 1.82) is 0 Å². The van der Waals surface area contributed by atoms with Crippen LogP contribution in [0.25, 0.3) is 0 Å². The second-order valence-electron chi connectivity index (χ2n) is 2.34. The zero-order valence-corrected chi connectivity index (χ0v) is 7.33. The van der Waals surface area contributed by atoms with Crippen molar-refractivity contribution in [3.8, 4) is 0 Å². The molecule has 0 saturated heterocycles. The van der Waals surface area contributed by atoms with E-state index in [0.29, 0.717) is 6.61 Å². The number of hydrogen-bond acceptors (Lipinski definition) is 3. The van der Waals surface area contributed by atoms with Crippen LogP contribution < -0.4 is 5.32 Å². The Balaban J connectivity index is 2.68. The molecule has 0 fully saturated rings. The van der Waals surface area contributed by atoms with Crippen molar-refractivity contribution in [3.05, 3.63) is 29.8 Å². The highest BCUT2D eigenvalue weighted by molar-refractivity contribution is 5.49. The number of para-hydroxylation sites is 1. The molecule has 0 saturated carbocycles. The molecule has 3 heteroatoms. The van der Waals surface area contributed by atoms with E-state index in [2.05, 4.69) is 10.2 Å². The molecule has 0 aliphatic carbocycles. The normalized spacial score (nSPS) is 9.83. The quantitative estimate of drug-likeness (QED) is 0.548. The van der Waals surface area contributed by atoms with Crippen molar-refractivity contribution in [2.75, 3.05) is 19.5 Å². The van der Waals surface area contributed by atoms with Crippen LogP contribution in [0, 0.1) is 0 Å². The van der Waals surface area contributed by atoms with Gasteiger partial charge in [0.15, 0.2) is 0 Å². The zero-order chi connectivity index (χ0) is 8.81. The van der Waals surface area contributed by atoms with Gasteiger partial charge in [0.2, 0.25) is 0 Å². The van der Waals surface area contributed by atoms with E-state index in [0.717, 1.165) is 11.3 Å². The molecule has 1 aromatic rings. The third-order valence-corrected chi connectivity index (χ3v) is 1.62. The molecule has 0 aliphatic rings. The van der Waals surface area contributed by atoms with Crippen molar-refractivity contribution < 1.29 is 9.78 Å². The summed E-state index contributed by atoms with van der Waals surface area (Å²) in [7, 11) is 3.38. The predicted molar refractivity (Wildman–Crippen MR) is 47.8 cm³/mol. The molecule has 0 amide bonds. The molecule has 12 heavy (non-hydrogen) atoms. The second-order valence-corrected chi connectivity index (χ2v) is 2.34. The summed E-state index contributed by atoms with van der Waals surface area (Å²) in [6.45, 7) is 0.466. The fourth-order valence-corrected chi connectivity index (χ4v) is 1.01. The fourth-order valence-electron chi connectivity index (χ4n) is 1.01. The Morgan fingerprint density at radius 1 is 1.33 bits per heavy atom. The van der Waals surface area contributed by atoms with E-state index in [1.165, 1.54) is 7.11 Å². The number of hydrogen-bond donors (Lipinski definition) is 1. The first kappa shape index (κ1) is 9.03. The van der Waals surface area contributed by atoms with Gasteiger partial charge in [-0.25, -0.2) is 9.78 Å². The van der Waals surface area contributed by atoms with E-state index in [-0.39, 0.29) is 0 Å².